The predicted octanol–water partition coefficient (Wildman–Crippen LogP) is 1.32. The summed E-state index contributed by atoms with van der Waals surface area (Å²) in [6.07, 6.45) is 3.84. The zero-order chi connectivity index (χ0) is 12.7. The molecule has 1 aliphatic rings. The summed E-state index contributed by atoms with van der Waals surface area (Å²) in [4.78, 5) is 22.3. The Hall–Kier alpha value is -1.10. The third kappa shape index (κ3) is 5.68. The molecule has 2 atom stereocenters. The van der Waals surface area contributed by atoms with E-state index in [1.807, 2.05) is 6.92 Å². The molecule has 1 amide bonds. The van der Waals surface area contributed by atoms with Crippen LogP contribution < -0.4 is 5.32 Å². The van der Waals surface area contributed by atoms with Crippen LogP contribution in [0.5, 0.6) is 0 Å². The van der Waals surface area contributed by atoms with Crippen LogP contribution in [-0.2, 0) is 14.3 Å². The standard InChI is InChI=1S/C12H21NO4/c1-2-4-9(7-12(15)16)13-11(14)8-10-5-3-6-17-10/h9-10H,2-8H2,1H3,(H,13,14)(H,15,16). The van der Waals surface area contributed by atoms with Crippen molar-refractivity contribution >= 4 is 11.9 Å². The van der Waals surface area contributed by atoms with E-state index in [0.717, 1.165) is 25.9 Å². The summed E-state index contributed by atoms with van der Waals surface area (Å²) >= 11 is 0. The summed E-state index contributed by atoms with van der Waals surface area (Å²) in [5.74, 6) is -0.975. The molecule has 5 nitrogen and oxygen atoms in total. The molecule has 1 rings (SSSR count). The fourth-order valence-corrected chi connectivity index (χ4v) is 2.08. The van der Waals surface area contributed by atoms with Gasteiger partial charge >= 0.3 is 5.97 Å². The van der Waals surface area contributed by atoms with Crippen LogP contribution in [-0.4, -0.2) is 35.7 Å². The van der Waals surface area contributed by atoms with Gasteiger partial charge in [-0.05, 0) is 19.3 Å². The van der Waals surface area contributed by atoms with Gasteiger partial charge in [-0.3, -0.25) is 9.59 Å². The molecule has 2 N–H and O–H groups in total. The highest BCUT2D eigenvalue weighted by Crippen LogP contribution is 2.15. The summed E-state index contributed by atoms with van der Waals surface area (Å²) in [5, 5.41) is 11.5. The van der Waals surface area contributed by atoms with Crippen LogP contribution in [0.1, 0.15) is 45.4 Å². The summed E-state index contributed by atoms with van der Waals surface area (Å²) < 4.78 is 5.37. The van der Waals surface area contributed by atoms with E-state index < -0.39 is 5.97 Å². The maximum Gasteiger partial charge on any atom is 0.305 e. The molecular formula is C12H21NO4. The molecule has 5 heteroatoms. The smallest absolute Gasteiger partial charge is 0.305 e. The van der Waals surface area contributed by atoms with Crippen molar-refractivity contribution in [1.82, 2.24) is 5.32 Å². The first-order valence-corrected chi connectivity index (χ1v) is 6.24. The molecule has 0 spiro atoms. The average Bonchev–Trinajstić information content (AvgIpc) is 2.69. The van der Waals surface area contributed by atoms with Gasteiger partial charge in [-0.15, -0.1) is 0 Å². The molecule has 0 radical (unpaired) electrons. The number of hydrogen-bond donors (Lipinski definition) is 2. The van der Waals surface area contributed by atoms with Crippen LogP contribution in [0.2, 0.25) is 0 Å². The van der Waals surface area contributed by atoms with Gasteiger partial charge < -0.3 is 15.2 Å². The van der Waals surface area contributed by atoms with Gasteiger partial charge in [0.25, 0.3) is 0 Å². The van der Waals surface area contributed by atoms with Crippen molar-refractivity contribution in [2.24, 2.45) is 0 Å². The van der Waals surface area contributed by atoms with Gasteiger partial charge in [-0.1, -0.05) is 13.3 Å². The molecule has 0 aliphatic carbocycles. The highest BCUT2D eigenvalue weighted by Gasteiger charge is 2.21. The molecule has 0 saturated carbocycles. The number of hydrogen-bond acceptors (Lipinski definition) is 3. The monoisotopic (exact) mass is 243 g/mol. The van der Waals surface area contributed by atoms with Crippen molar-refractivity contribution in [3.63, 3.8) is 0 Å². The number of aliphatic carboxylic acids is 1. The molecule has 0 bridgehead atoms. The molecule has 17 heavy (non-hydrogen) atoms. The Kier molecular flexibility index (Phi) is 5.97. The van der Waals surface area contributed by atoms with Gasteiger partial charge in [0.1, 0.15) is 0 Å². The molecule has 0 aromatic carbocycles. The lowest BCUT2D eigenvalue weighted by Crippen LogP contribution is -2.37. The summed E-state index contributed by atoms with van der Waals surface area (Å²) in [7, 11) is 0. The topological polar surface area (TPSA) is 75.6 Å². The molecule has 2 unspecified atom stereocenters. The van der Waals surface area contributed by atoms with Gasteiger partial charge in [0.2, 0.25) is 5.91 Å². The first-order valence-electron chi connectivity index (χ1n) is 6.24. The van der Waals surface area contributed by atoms with Gasteiger partial charge in [0, 0.05) is 12.6 Å². The van der Waals surface area contributed by atoms with Crippen molar-refractivity contribution in [3.8, 4) is 0 Å². The molecule has 0 aromatic rings. The van der Waals surface area contributed by atoms with E-state index in [-0.39, 0.29) is 24.5 Å². The largest absolute Gasteiger partial charge is 0.481 e. The maximum absolute atomic E-state index is 11.7. The first kappa shape index (κ1) is 14.0. The van der Waals surface area contributed by atoms with Gasteiger partial charge in [-0.25, -0.2) is 0 Å². The van der Waals surface area contributed by atoms with Gasteiger partial charge in [0.15, 0.2) is 0 Å². The fraction of sp³-hybridized carbons (Fsp3) is 0.833. The Bertz CT molecular complexity index is 261. The molecule has 1 fully saturated rings. The zero-order valence-electron chi connectivity index (χ0n) is 10.3. The van der Waals surface area contributed by atoms with Crippen LogP contribution in [0.25, 0.3) is 0 Å². The summed E-state index contributed by atoms with van der Waals surface area (Å²) in [6, 6.07) is -0.258. The van der Waals surface area contributed by atoms with E-state index in [4.69, 9.17) is 9.84 Å². The normalized spacial score (nSPS) is 21.1. The number of carboxylic acids is 1. The van der Waals surface area contributed by atoms with Crippen molar-refractivity contribution < 1.29 is 19.4 Å². The molecule has 0 aromatic heterocycles. The number of ether oxygens (including phenoxy) is 1. The quantitative estimate of drug-likeness (QED) is 0.707. The third-order valence-corrected chi connectivity index (χ3v) is 2.86. The van der Waals surface area contributed by atoms with Crippen molar-refractivity contribution in [2.75, 3.05) is 6.61 Å². The van der Waals surface area contributed by atoms with E-state index in [2.05, 4.69) is 5.32 Å². The van der Waals surface area contributed by atoms with E-state index in [1.54, 1.807) is 0 Å². The summed E-state index contributed by atoms with van der Waals surface area (Å²) in [5.41, 5.74) is 0. The molecular weight excluding hydrogens is 222 g/mol. The van der Waals surface area contributed by atoms with Crippen molar-refractivity contribution in [1.29, 1.82) is 0 Å². The number of nitrogens with one attached hydrogen (secondary N) is 1. The SMILES string of the molecule is CCCC(CC(=O)O)NC(=O)CC1CCCO1. The molecule has 1 heterocycles. The highest BCUT2D eigenvalue weighted by molar-refractivity contribution is 5.77. The number of carbonyl (C=O) groups excluding carboxylic acids is 1. The number of rotatable bonds is 7. The van der Waals surface area contributed by atoms with Crippen LogP contribution in [0.15, 0.2) is 0 Å². The second-order valence-electron chi connectivity index (χ2n) is 4.49. The minimum Gasteiger partial charge on any atom is -0.481 e. The fourth-order valence-electron chi connectivity index (χ4n) is 2.08. The van der Waals surface area contributed by atoms with Crippen LogP contribution in [0.4, 0.5) is 0 Å². The van der Waals surface area contributed by atoms with Crippen LogP contribution in [0.3, 0.4) is 0 Å². The molecule has 1 aliphatic heterocycles. The van der Waals surface area contributed by atoms with Crippen molar-refractivity contribution in [2.45, 2.75) is 57.6 Å². The van der Waals surface area contributed by atoms with Crippen molar-refractivity contribution in [3.05, 3.63) is 0 Å². The van der Waals surface area contributed by atoms with Crippen LogP contribution >= 0.6 is 0 Å². The molecule has 98 valence electrons. The number of carboxylic acid groups (broad SMARTS) is 1. The van der Waals surface area contributed by atoms with Gasteiger partial charge in [0.05, 0.1) is 18.9 Å². The van der Waals surface area contributed by atoms with E-state index >= 15 is 0 Å². The average molecular weight is 243 g/mol. The number of carbonyl (C=O) groups is 2. The molecule has 1 saturated heterocycles. The Morgan fingerprint density at radius 3 is 2.82 bits per heavy atom. The highest BCUT2D eigenvalue weighted by atomic mass is 16.5. The minimum atomic E-state index is -0.874. The van der Waals surface area contributed by atoms with E-state index in [0.29, 0.717) is 12.8 Å². The van der Waals surface area contributed by atoms with E-state index in [9.17, 15) is 9.59 Å². The van der Waals surface area contributed by atoms with Crippen LogP contribution in [0, 0.1) is 0 Å². The predicted molar refractivity (Wildman–Crippen MR) is 62.7 cm³/mol. The lowest BCUT2D eigenvalue weighted by Gasteiger charge is -2.17. The lowest BCUT2D eigenvalue weighted by molar-refractivity contribution is -0.137. The first-order chi connectivity index (χ1) is 8.11. The number of amides is 1. The second-order valence-corrected chi connectivity index (χ2v) is 4.49. The Morgan fingerprint density at radius 1 is 1.53 bits per heavy atom. The Morgan fingerprint density at radius 2 is 2.29 bits per heavy atom. The maximum atomic E-state index is 11.7. The minimum absolute atomic E-state index is 0.00883. The Balaban J connectivity index is 2.31. The Labute approximate surface area is 102 Å². The van der Waals surface area contributed by atoms with Gasteiger partial charge in [-0.2, -0.15) is 0 Å². The zero-order valence-corrected chi connectivity index (χ0v) is 10.3. The lowest BCUT2D eigenvalue weighted by atomic mass is 10.1. The second kappa shape index (κ2) is 7.27. The third-order valence-electron chi connectivity index (χ3n) is 2.86. The summed E-state index contributed by atoms with van der Waals surface area (Å²) in [6.45, 7) is 2.70. The van der Waals surface area contributed by atoms with E-state index in [1.165, 1.54) is 0 Å².